The summed E-state index contributed by atoms with van der Waals surface area (Å²) in [5.41, 5.74) is 6.97. The van der Waals surface area contributed by atoms with Crippen LogP contribution in [0.25, 0.3) is 11.4 Å². The number of rotatable bonds is 5. The number of hydrogen-bond acceptors (Lipinski definition) is 3. The van der Waals surface area contributed by atoms with Gasteiger partial charge in [0.05, 0.1) is 5.69 Å². The van der Waals surface area contributed by atoms with E-state index in [1.807, 2.05) is 24.3 Å². The predicted molar refractivity (Wildman–Crippen MR) is 105 cm³/mol. The molecule has 0 radical (unpaired) electrons. The molecule has 0 spiro atoms. The van der Waals surface area contributed by atoms with Gasteiger partial charge >= 0.3 is 0 Å². The maximum Gasteiger partial charge on any atom is 0.159 e. The van der Waals surface area contributed by atoms with E-state index in [9.17, 15) is 0 Å². The van der Waals surface area contributed by atoms with E-state index in [0.29, 0.717) is 11.4 Å². The summed E-state index contributed by atoms with van der Waals surface area (Å²) in [5.74, 6) is 0.764. The van der Waals surface area contributed by atoms with Gasteiger partial charge in [-0.25, -0.2) is 9.97 Å². The highest BCUT2D eigenvalue weighted by atomic mass is 35.5. The normalized spacial score (nSPS) is 13.0. The zero-order valence-electron chi connectivity index (χ0n) is 14.6. The number of fused-ring (bicyclic) bond motifs is 1. The molecule has 1 aromatic heterocycles. The number of nitrogens with zero attached hydrogens (tertiary/aromatic N) is 2. The smallest absolute Gasteiger partial charge is 0.159 e. The lowest BCUT2D eigenvalue weighted by Crippen LogP contribution is -2.04. The molecule has 0 amide bonds. The Morgan fingerprint density at radius 1 is 0.962 bits per heavy atom. The van der Waals surface area contributed by atoms with Gasteiger partial charge in [-0.05, 0) is 54.5 Å². The molecule has 0 saturated carbocycles. The van der Waals surface area contributed by atoms with Crippen molar-refractivity contribution >= 4 is 11.6 Å². The molecule has 3 nitrogen and oxygen atoms in total. The van der Waals surface area contributed by atoms with E-state index in [1.54, 1.807) is 0 Å². The van der Waals surface area contributed by atoms with Crippen molar-refractivity contribution in [2.24, 2.45) is 0 Å². The standard InChI is InChI=1S/C22H21ClN2O/c23-18-4-1-3-17(14-18)22-24-20-6-2-5-19(20)21(25-22)13-16-9-7-15(8-10-16)11-12-26/h1,3-4,7-10,14,26H,2,5-6,11-13H2. The summed E-state index contributed by atoms with van der Waals surface area (Å²) in [5, 5.41) is 9.76. The molecule has 4 rings (SSSR count). The van der Waals surface area contributed by atoms with Gasteiger partial charge in [-0.15, -0.1) is 0 Å². The Morgan fingerprint density at radius 3 is 2.54 bits per heavy atom. The maximum absolute atomic E-state index is 9.06. The predicted octanol–water partition coefficient (Wildman–Crippen LogP) is 4.41. The molecule has 0 aliphatic heterocycles. The van der Waals surface area contributed by atoms with Crippen molar-refractivity contribution in [3.63, 3.8) is 0 Å². The minimum Gasteiger partial charge on any atom is -0.396 e. The van der Waals surface area contributed by atoms with E-state index < -0.39 is 0 Å². The fourth-order valence-corrected chi connectivity index (χ4v) is 3.75. The number of halogens is 1. The fraction of sp³-hybridized carbons (Fsp3) is 0.273. The van der Waals surface area contributed by atoms with Gasteiger partial charge in [0, 0.05) is 29.3 Å². The molecule has 0 saturated heterocycles. The lowest BCUT2D eigenvalue weighted by atomic mass is 10.0. The molecule has 1 heterocycles. The first-order chi connectivity index (χ1) is 12.7. The molecule has 1 aliphatic carbocycles. The van der Waals surface area contributed by atoms with Crippen molar-refractivity contribution < 1.29 is 5.11 Å². The van der Waals surface area contributed by atoms with E-state index in [-0.39, 0.29) is 6.61 Å². The van der Waals surface area contributed by atoms with Crippen LogP contribution in [0.5, 0.6) is 0 Å². The zero-order valence-corrected chi connectivity index (χ0v) is 15.3. The van der Waals surface area contributed by atoms with Gasteiger partial charge in [0.25, 0.3) is 0 Å². The molecular formula is C22H21ClN2O. The van der Waals surface area contributed by atoms with Crippen molar-refractivity contribution in [1.29, 1.82) is 0 Å². The quantitative estimate of drug-likeness (QED) is 0.729. The monoisotopic (exact) mass is 364 g/mol. The summed E-state index contributed by atoms with van der Waals surface area (Å²) in [7, 11) is 0. The second-order valence-electron chi connectivity index (χ2n) is 6.75. The minimum absolute atomic E-state index is 0.182. The van der Waals surface area contributed by atoms with E-state index in [4.69, 9.17) is 26.7 Å². The van der Waals surface area contributed by atoms with Crippen molar-refractivity contribution in [1.82, 2.24) is 9.97 Å². The van der Waals surface area contributed by atoms with E-state index in [1.165, 1.54) is 16.8 Å². The van der Waals surface area contributed by atoms with Gasteiger partial charge in [-0.1, -0.05) is 48.0 Å². The first-order valence-corrected chi connectivity index (χ1v) is 9.44. The van der Waals surface area contributed by atoms with Crippen LogP contribution in [0.2, 0.25) is 5.02 Å². The summed E-state index contributed by atoms with van der Waals surface area (Å²) < 4.78 is 0. The van der Waals surface area contributed by atoms with Crippen LogP contribution in [-0.2, 0) is 25.7 Å². The molecule has 0 bridgehead atoms. The third-order valence-corrected chi connectivity index (χ3v) is 5.13. The summed E-state index contributed by atoms with van der Waals surface area (Å²) in [6.45, 7) is 0.182. The van der Waals surface area contributed by atoms with Crippen LogP contribution in [0.1, 0.15) is 34.5 Å². The maximum atomic E-state index is 9.06. The summed E-state index contributed by atoms with van der Waals surface area (Å²) in [6.07, 6.45) is 4.72. The molecule has 4 heteroatoms. The van der Waals surface area contributed by atoms with Crippen LogP contribution in [0.3, 0.4) is 0 Å². The van der Waals surface area contributed by atoms with Crippen LogP contribution in [-0.4, -0.2) is 21.7 Å². The summed E-state index contributed by atoms with van der Waals surface area (Å²) >= 11 is 6.15. The van der Waals surface area contributed by atoms with Gasteiger partial charge < -0.3 is 5.11 Å². The molecule has 3 aromatic rings. The lowest BCUT2D eigenvalue weighted by molar-refractivity contribution is 0.299. The highest BCUT2D eigenvalue weighted by molar-refractivity contribution is 6.30. The highest BCUT2D eigenvalue weighted by Crippen LogP contribution is 2.28. The number of hydrogen-bond donors (Lipinski definition) is 1. The second kappa shape index (κ2) is 7.56. The number of aromatic nitrogens is 2. The highest BCUT2D eigenvalue weighted by Gasteiger charge is 2.20. The molecular weight excluding hydrogens is 344 g/mol. The Hall–Kier alpha value is -2.23. The van der Waals surface area contributed by atoms with Gasteiger partial charge in [0.2, 0.25) is 0 Å². The Morgan fingerprint density at radius 2 is 1.77 bits per heavy atom. The fourth-order valence-electron chi connectivity index (χ4n) is 3.56. The molecule has 26 heavy (non-hydrogen) atoms. The number of aryl methyl sites for hydroxylation is 1. The largest absolute Gasteiger partial charge is 0.396 e. The third-order valence-electron chi connectivity index (χ3n) is 4.90. The van der Waals surface area contributed by atoms with E-state index in [2.05, 4.69) is 24.3 Å². The van der Waals surface area contributed by atoms with Crippen LogP contribution in [0.15, 0.2) is 48.5 Å². The third kappa shape index (κ3) is 3.64. The first kappa shape index (κ1) is 17.2. The van der Waals surface area contributed by atoms with Gasteiger partial charge in [-0.2, -0.15) is 0 Å². The molecule has 0 fully saturated rings. The first-order valence-electron chi connectivity index (χ1n) is 9.06. The average Bonchev–Trinajstić information content (AvgIpc) is 3.12. The van der Waals surface area contributed by atoms with Crippen LogP contribution < -0.4 is 0 Å². The average molecular weight is 365 g/mol. The topological polar surface area (TPSA) is 46.0 Å². The Bertz CT molecular complexity index is 922. The second-order valence-corrected chi connectivity index (χ2v) is 7.19. The number of benzene rings is 2. The minimum atomic E-state index is 0.182. The van der Waals surface area contributed by atoms with Gasteiger partial charge in [-0.3, -0.25) is 0 Å². The van der Waals surface area contributed by atoms with Crippen LogP contribution in [0.4, 0.5) is 0 Å². The zero-order chi connectivity index (χ0) is 17.9. The SMILES string of the molecule is OCCc1ccc(Cc2nc(-c3cccc(Cl)c3)nc3c2CCC3)cc1. The van der Waals surface area contributed by atoms with Crippen molar-refractivity contribution in [3.8, 4) is 11.4 Å². The lowest BCUT2D eigenvalue weighted by Gasteiger charge is -2.11. The van der Waals surface area contributed by atoms with Crippen LogP contribution >= 0.6 is 11.6 Å². The van der Waals surface area contributed by atoms with Crippen LogP contribution in [0, 0.1) is 0 Å². The summed E-state index contributed by atoms with van der Waals surface area (Å²) in [6, 6.07) is 16.2. The van der Waals surface area contributed by atoms with Crippen molar-refractivity contribution in [2.75, 3.05) is 6.61 Å². The Balaban J connectivity index is 1.69. The van der Waals surface area contributed by atoms with E-state index >= 15 is 0 Å². The Kier molecular flexibility index (Phi) is 5.00. The molecule has 0 unspecified atom stereocenters. The van der Waals surface area contributed by atoms with Gasteiger partial charge in [0.15, 0.2) is 5.82 Å². The number of aliphatic hydroxyl groups is 1. The number of aliphatic hydroxyl groups excluding tert-OH is 1. The van der Waals surface area contributed by atoms with Gasteiger partial charge in [0.1, 0.15) is 0 Å². The van der Waals surface area contributed by atoms with Crippen molar-refractivity contribution in [3.05, 3.63) is 81.6 Å². The summed E-state index contributed by atoms with van der Waals surface area (Å²) in [4.78, 5) is 9.71. The van der Waals surface area contributed by atoms with Crippen molar-refractivity contribution in [2.45, 2.75) is 32.1 Å². The molecule has 2 aromatic carbocycles. The molecule has 1 aliphatic rings. The van der Waals surface area contributed by atoms with E-state index in [0.717, 1.165) is 48.3 Å². The molecule has 132 valence electrons. The molecule has 0 atom stereocenters. The Labute approximate surface area is 158 Å². The molecule has 1 N–H and O–H groups in total.